The van der Waals surface area contributed by atoms with E-state index in [0.717, 1.165) is 16.6 Å². The third-order valence-electron chi connectivity index (χ3n) is 3.23. The van der Waals surface area contributed by atoms with Gasteiger partial charge in [0, 0.05) is 18.4 Å². The van der Waals surface area contributed by atoms with Gasteiger partial charge >= 0.3 is 5.97 Å². The normalized spacial score (nSPS) is 19.7. The second-order valence-electron chi connectivity index (χ2n) is 4.35. The number of amides is 1. The SMILES string of the molecule is O=C(O)C1CC(=O)N(c2cccc3[nH]ncc23)C1. The maximum absolute atomic E-state index is 11.9. The summed E-state index contributed by atoms with van der Waals surface area (Å²) in [5.74, 6) is -1.71. The number of H-pyrrole nitrogens is 1. The van der Waals surface area contributed by atoms with Crippen molar-refractivity contribution in [2.45, 2.75) is 6.42 Å². The van der Waals surface area contributed by atoms with Crippen molar-refractivity contribution in [3.63, 3.8) is 0 Å². The smallest absolute Gasteiger partial charge is 0.308 e. The number of carbonyl (C=O) groups excluding carboxylic acids is 1. The molecule has 2 heterocycles. The molecule has 3 rings (SSSR count). The highest BCUT2D eigenvalue weighted by Crippen LogP contribution is 2.30. The number of carboxylic acids is 1. The molecule has 2 N–H and O–H groups in total. The number of hydrogen-bond acceptors (Lipinski definition) is 3. The van der Waals surface area contributed by atoms with Crippen LogP contribution in [0.4, 0.5) is 5.69 Å². The number of carbonyl (C=O) groups is 2. The Morgan fingerprint density at radius 3 is 3.06 bits per heavy atom. The van der Waals surface area contributed by atoms with Crippen molar-refractivity contribution in [3.05, 3.63) is 24.4 Å². The van der Waals surface area contributed by atoms with Gasteiger partial charge in [-0.05, 0) is 12.1 Å². The van der Waals surface area contributed by atoms with E-state index in [9.17, 15) is 9.59 Å². The zero-order valence-electron chi connectivity index (χ0n) is 9.46. The number of aromatic nitrogens is 2. The van der Waals surface area contributed by atoms with Crippen LogP contribution in [-0.4, -0.2) is 33.7 Å². The molecule has 0 saturated carbocycles. The Balaban J connectivity index is 2.03. The van der Waals surface area contributed by atoms with Gasteiger partial charge in [-0.1, -0.05) is 6.07 Å². The molecular formula is C12H11N3O3. The van der Waals surface area contributed by atoms with E-state index in [0.29, 0.717) is 0 Å². The molecule has 0 aliphatic carbocycles. The Morgan fingerprint density at radius 1 is 1.50 bits per heavy atom. The number of hydrogen-bond donors (Lipinski definition) is 2. The first kappa shape index (κ1) is 10.8. The predicted molar refractivity (Wildman–Crippen MR) is 64.2 cm³/mol. The lowest BCUT2D eigenvalue weighted by Crippen LogP contribution is -2.25. The molecule has 1 aromatic carbocycles. The van der Waals surface area contributed by atoms with Crippen molar-refractivity contribution in [1.82, 2.24) is 10.2 Å². The summed E-state index contributed by atoms with van der Waals surface area (Å²) in [6.07, 6.45) is 1.70. The number of rotatable bonds is 2. The molecule has 2 aromatic rings. The van der Waals surface area contributed by atoms with Crippen LogP contribution in [0.15, 0.2) is 24.4 Å². The van der Waals surface area contributed by atoms with Crippen molar-refractivity contribution >= 4 is 28.5 Å². The highest BCUT2D eigenvalue weighted by molar-refractivity contribution is 6.05. The second kappa shape index (κ2) is 3.83. The van der Waals surface area contributed by atoms with Gasteiger partial charge in [0.25, 0.3) is 0 Å². The van der Waals surface area contributed by atoms with Crippen molar-refractivity contribution < 1.29 is 14.7 Å². The Bertz CT molecular complexity index is 634. The molecule has 1 saturated heterocycles. The van der Waals surface area contributed by atoms with E-state index in [1.807, 2.05) is 12.1 Å². The van der Waals surface area contributed by atoms with Crippen LogP contribution in [0.1, 0.15) is 6.42 Å². The summed E-state index contributed by atoms with van der Waals surface area (Å²) in [5.41, 5.74) is 1.55. The van der Waals surface area contributed by atoms with E-state index in [1.165, 1.54) is 4.90 Å². The lowest BCUT2D eigenvalue weighted by atomic mass is 10.1. The molecule has 1 aliphatic heterocycles. The molecule has 92 valence electrons. The maximum atomic E-state index is 11.9. The minimum atomic E-state index is -0.926. The average Bonchev–Trinajstić information content (AvgIpc) is 2.94. The van der Waals surface area contributed by atoms with Gasteiger partial charge in [-0.2, -0.15) is 5.10 Å². The molecule has 1 aliphatic rings. The number of carboxylic acid groups (broad SMARTS) is 1. The van der Waals surface area contributed by atoms with Crippen LogP contribution in [0.25, 0.3) is 10.9 Å². The molecule has 1 atom stereocenters. The summed E-state index contributed by atoms with van der Waals surface area (Å²) >= 11 is 0. The Morgan fingerprint density at radius 2 is 2.33 bits per heavy atom. The fourth-order valence-corrected chi connectivity index (χ4v) is 2.29. The largest absolute Gasteiger partial charge is 0.481 e. The zero-order chi connectivity index (χ0) is 12.7. The molecule has 6 nitrogen and oxygen atoms in total. The zero-order valence-corrected chi connectivity index (χ0v) is 9.46. The second-order valence-corrected chi connectivity index (χ2v) is 4.35. The summed E-state index contributed by atoms with van der Waals surface area (Å²) in [6, 6.07) is 5.48. The third-order valence-corrected chi connectivity index (χ3v) is 3.23. The number of benzene rings is 1. The van der Waals surface area contributed by atoms with E-state index in [1.54, 1.807) is 12.3 Å². The summed E-state index contributed by atoms with van der Waals surface area (Å²) in [6.45, 7) is 0.221. The Kier molecular flexibility index (Phi) is 2.29. The molecule has 1 aromatic heterocycles. The molecule has 1 amide bonds. The third kappa shape index (κ3) is 1.54. The average molecular weight is 245 g/mol. The molecule has 18 heavy (non-hydrogen) atoms. The number of fused-ring (bicyclic) bond motifs is 1. The van der Waals surface area contributed by atoms with Gasteiger partial charge in [-0.3, -0.25) is 14.7 Å². The predicted octanol–water partition coefficient (Wildman–Crippen LogP) is 1.00. The lowest BCUT2D eigenvalue weighted by molar-refractivity contribution is -0.141. The quantitative estimate of drug-likeness (QED) is 0.826. The molecule has 1 unspecified atom stereocenters. The van der Waals surface area contributed by atoms with Crippen LogP contribution >= 0.6 is 0 Å². The van der Waals surface area contributed by atoms with Crippen molar-refractivity contribution in [2.24, 2.45) is 5.92 Å². The fourth-order valence-electron chi connectivity index (χ4n) is 2.29. The Labute approximate surface area is 102 Å². The molecule has 1 fully saturated rings. The van der Waals surface area contributed by atoms with Crippen molar-refractivity contribution in [2.75, 3.05) is 11.4 Å². The van der Waals surface area contributed by atoms with E-state index < -0.39 is 11.9 Å². The highest BCUT2D eigenvalue weighted by Gasteiger charge is 2.35. The van der Waals surface area contributed by atoms with Gasteiger partial charge in [0.1, 0.15) is 0 Å². The van der Waals surface area contributed by atoms with Crippen LogP contribution < -0.4 is 4.90 Å². The standard InChI is InChI=1S/C12H11N3O3/c16-11-4-7(12(17)18)6-15(11)10-3-1-2-9-8(10)5-13-14-9/h1-3,5,7H,4,6H2,(H,13,14)(H,17,18). The summed E-state index contributed by atoms with van der Waals surface area (Å²) in [7, 11) is 0. The maximum Gasteiger partial charge on any atom is 0.308 e. The van der Waals surface area contributed by atoms with E-state index in [4.69, 9.17) is 5.11 Å². The summed E-state index contributed by atoms with van der Waals surface area (Å²) in [4.78, 5) is 24.4. The topological polar surface area (TPSA) is 86.3 Å². The lowest BCUT2D eigenvalue weighted by Gasteiger charge is -2.16. The minimum absolute atomic E-state index is 0.0591. The summed E-state index contributed by atoms with van der Waals surface area (Å²) < 4.78 is 0. The first-order valence-corrected chi connectivity index (χ1v) is 5.62. The van der Waals surface area contributed by atoms with Crippen LogP contribution in [0.5, 0.6) is 0 Å². The monoisotopic (exact) mass is 245 g/mol. The van der Waals surface area contributed by atoms with Crippen LogP contribution in [0.3, 0.4) is 0 Å². The van der Waals surface area contributed by atoms with Crippen LogP contribution in [0, 0.1) is 5.92 Å². The number of aromatic amines is 1. The molecule has 0 radical (unpaired) electrons. The van der Waals surface area contributed by atoms with Gasteiger partial charge in [-0.15, -0.1) is 0 Å². The summed E-state index contributed by atoms with van der Waals surface area (Å²) in [5, 5.41) is 16.6. The van der Waals surface area contributed by atoms with Crippen LogP contribution in [0.2, 0.25) is 0 Å². The fraction of sp³-hybridized carbons (Fsp3) is 0.250. The number of nitrogens with one attached hydrogen (secondary N) is 1. The number of nitrogens with zero attached hydrogens (tertiary/aromatic N) is 2. The first-order valence-electron chi connectivity index (χ1n) is 5.62. The Hall–Kier alpha value is -2.37. The van der Waals surface area contributed by atoms with Gasteiger partial charge in [0.05, 0.1) is 23.3 Å². The van der Waals surface area contributed by atoms with Crippen molar-refractivity contribution in [3.8, 4) is 0 Å². The van der Waals surface area contributed by atoms with E-state index in [-0.39, 0.29) is 18.9 Å². The van der Waals surface area contributed by atoms with Crippen LogP contribution in [-0.2, 0) is 9.59 Å². The van der Waals surface area contributed by atoms with Crippen molar-refractivity contribution in [1.29, 1.82) is 0 Å². The molecule has 0 bridgehead atoms. The van der Waals surface area contributed by atoms with E-state index in [2.05, 4.69) is 10.2 Å². The number of anilines is 1. The van der Waals surface area contributed by atoms with E-state index >= 15 is 0 Å². The van der Waals surface area contributed by atoms with Gasteiger partial charge in [0.2, 0.25) is 5.91 Å². The highest BCUT2D eigenvalue weighted by atomic mass is 16.4. The molecule has 6 heteroatoms. The minimum Gasteiger partial charge on any atom is -0.481 e. The number of aliphatic carboxylic acids is 1. The molecular weight excluding hydrogens is 234 g/mol. The van der Waals surface area contributed by atoms with Gasteiger partial charge in [0.15, 0.2) is 0 Å². The van der Waals surface area contributed by atoms with Gasteiger partial charge in [-0.25, -0.2) is 0 Å². The molecule has 0 spiro atoms. The first-order chi connectivity index (χ1) is 8.66. The van der Waals surface area contributed by atoms with Gasteiger partial charge < -0.3 is 10.0 Å².